The van der Waals surface area contributed by atoms with Crippen LogP contribution in [0.3, 0.4) is 0 Å². The van der Waals surface area contributed by atoms with Gasteiger partial charge in [-0.1, -0.05) is 0 Å². The SMILES string of the molecule is CO[Si](OC)(OC)[Si][Si]Cl. The molecule has 0 fully saturated rings. The lowest BCUT2D eigenvalue weighted by Gasteiger charge is -2.22. The molecule has 0 heterocycles. The van der Waals surface area contributed by atoms with Crippen LogP contribution in [0.5, 0.6) is 0 Å². The highest BCUT2D eigenvalue weighted by atomic mass is 35.6. The maximum absolute atomic E-state index is 5.56. The minimum Gasteiger partial charge on any atom is -0.380 e. The second kappa shape index (κ2) is 5.47. The number of hydrogen-bond acceptors (Lipinski definition) is 3. The van der Waals surface area contributed by atoms with Crippen molar-refractivity contribution in [3.8, 4) is 0 Å². The third kappa shape index (κ3) is 2.82. The molecule has 0 bridgehead atoms. The minimum atomic E-state index is -2.31. The summed E-state index contributed by atoms with van der Waals surface area (Å²) in [5.74, 6) is 0. The smallest absolute Gasteiger partial charge is 0.380 e. The molecule has 0 aromatic rings. The third-order valence-electron chi connectivity index (χ3n) is 1.01. The average Bonchev–Trinajstić information content (AvgIpc) is 2.01. The van der Waals surface area contributed by atoms with Crippen LogP contribution in [0, 0.1) is 0 Å². The molecule has 0 aliphatic carbocycles. The van der Waals surface area contributed by atoms with Crippen LogP contribution in [0.25, 0.3) is 0 Å². The molecule has 0 rings (SSSR count). The fourth-order valence-corrected chi connectivity index (χ4v) is 9.57. The summed E-state index contributed by atoms with van der Waals surface area (Å²) in [6.07, 6.45) is 0. The summed E-state index contributed by atoms with van der Waals surface area (Å²) in [4.78, 5) is 0. The van der Waals surface area contributed by atoms with Crippen LogP contribution < -0.4 is 0 Å². The molecule has 7 heteroatoms. The van der Waals surface area contributed by atoms with Crippen molar-refractivity contribution in [2.75, 3.05) is 21.3 Å². The highest BCUT2D eigenvalue weighted by molar-refractivity contribution is 7.47. The van der Waals surface area contributed by atoms with Crippen LogP contribution in [0.15, 0.2) is 0 Å². The van der Waals surface area contributed by atoms with E-state index in [0.717, 1.165) is 0 Å². The molecule has 3 nitrogen and oxygen atoms in total. The quantitative estimate of drug-likeness (QED) is 0.468. The van der Waals surface area contributed by atoms with Crippen molar-refractivity contribution in [1.82, 2.24) is 0 Å². The standard InChI is InChI=1S/C3H9ClO3Si3/c1-5-10(6-2,7-3)9-8-4/h1-3H3. The zero-order chi connectivity index (χ0) is 8.04. The van der Waals surface area contributed by atoms with E-state index in [1.807, 2.05) is 0 Å². The Hall–Kier alpha value is 0.821. The van der Waals surface area contributed by atoms with Gasteiger partial charge in [-0.3, -0.25) is 0 Å². The van der Waals surface area contributed by atoms with E-state index >= 15 is 0 Å². The Morgan fingerprint density at radius 3 is 1.60 bits per heavy atom. The molecule has 0 unspecified atom stereocenters. The van der Waals surface area contributed by atoms with Gasteiger partial charge in [-0.05, 0) is 0 Å². The fraction of sp³-hybridized carbons (Fsp3) is 1.00. The second-order valence-corrected chi connectivity index (χ2v) is 11.3. The summed E-state index contributed by atoms with van der Waals surface area (Å²) < 4.78 is 15.3. The summed E-state index contributed by atoms with van der Waals surface area (Å²) >= 11 is 5.56. The lowest BCUT2D eigenvalue weighted by molar-refractivity contribution is 0.149. The minimum absolute atomic E-state index is 0.316. The van der Waals surface area contributed by atoms with Crippen LogP contribution in [0.1, 0.15) is 0 Å². The van der Waals surface area contributed by atoms with E-state index in [9.17, 15) is 0 Å². The Bertz CT molecular complexity index is 80.8. The normalized spacial score (nSPS) is 12.0. The summed E-state index contributed by atoms with van der Waals surface area (Å²) in [5.41, 5.74) is 0. The van der Waals surface area contributed by atoms with Gasteiger partial charge in [0.25, 0.3) is 0 Å². The molecule has 4 radical (unpaired) electrons. The second-order valence-electron chi connectivity index (χ2n) is 1.39. The van der Waals surface area contributed by atoms with Crippen molar-refractivity contribution in [1.29, 1.82) is 0 Å². The molecule has 0 aliphatic heterocycles. The number of halogens is 1. The van der Waals surface area contributed by atoms with Gasteiger partial charge in [0.1, 0.15) is 0 Å². The van der Waals surface area contributed by atoms with Gasteiger partial charge in [0.15, 0.2) is 16.9 Å². The Kier molecular flexibility index (Phi) is 5.92. The molecular formula is C3H9ClO3Si3. The summed E-state index contributed by atoms with van der Waals surface area (Å²) in [6.45, 7) is 0. The maximum atomic E-state index is 5.56. The Morgan fingerprint density at radius 1 is 1.10 bits per heavy atom. The lowest BCUT2D eigenvalue weighted by Crippen LogP contribution is -2.51. The summed E-state index contributed by atoms with van der Waals surface area (Å²) in [5, 5.41) is 0. The van der Waals surface area contributed by atoms with Crippen LogP contribution in [0.4, 0.5) is 0 Å². The zero-order valence-corrected chi connectivity index (χ0v) is 9.86. The van der Waals surface area contributed by atoms with E-state index in [1.54, 1.807) is 21.3 Å². The highest BCUT2D eigenvalue weighted by Gasteiger charge is 2.37. The molecule has 0 N–H and O–H groups in total. The van der Waals surface area contributed by atoms with Gasteiger partial charge in [-0.25, -0.2) is 0 Å². The third-order valence-corrected chi connectivity index (χ3v) is 12.2. The van der Waals surface area contributed by atoms with Crippen molar-refractivity contribution < 1.29 is 13.3 Å². The highest BCUT2D eigenvalue weighted by Crippen LogP contribution is 2.02. The number of rotatable bonds is 5. The molecule has 0 atom stereocenters. The van der Waals surface area contributed by atoms with Crippen molar-refractivity contribution in [3.05, 3.63) is 0 Å². The van der Waals surface area contributed by atoms with Crippen molar-refractivity contribution in [3.63, 3.8) is 0 Å². The molecule has 0 spiro atoms. The maximum Gasteiger partial charge on any atom is 0.461 e. The van der Waals surface area contributed by atoms with Gasteiger partial charge < -0.3 is 13.3 Å². The van der Waals surface area contributed by atoms with E-state index in [2.05, 4.69) is 0 Å². The lowest BCUT2D eigenvalue weighted by atomic mass is 11.8. The predicted octanol–water partition coefficient (Wildman–Crippen LogP) is -0.162. The van der Waals surface area contributed by atoms with E-state index < -0.39 is 8.32 Å². The van der Waals surface area contributed by atoms with Crippen molar-refractivity contribution in [2.45, 2.75) is 0 Å². The molecule has 0 saturated carbocycles. The monoisotopic (exact) mass is 212 g/mol. The predicted molar refractivity (Wildman–Crippen MR) is 44.1 cm³/mol. The molecular weight excluding hydrogens is 204 g/mol. The van der Waals surface area contributed by atoms with Gasteiger partial charge >= 0.3 is 8.32 Å². The molecule has 0 aliphatic rings. The van der Waals surface area contributed by atoms with Crippen LogP contribution >= 0.6 is 11.1 Å². The number of hydrogen-bond donors (Lipinski definition) is 0. The van der Waals surface area contributed by atoms with Crippen molar-refractivity contribution >= 4 is 36.3 Å². The first-order valence-electron chi connectivity index (χ1n) is 2.53. The first-order valence-corrected chi connectivity index (χ1v) is 9.26. The average molecular weight is 213 g/mol. The van der Waals surface area contributed by atoms with E-state index in [4.69, 9.17) is 24.4 Å². The Labute approximate surface area is 71.3 Å². The Balaban J connectivity index is 3.87. The molecule has 0 aromatic carbocycles. The van der Waals surface area contributed by atoms with E-state index in [-0.39, 0.29) is 0 Å². The molecule has 0 saturated heterocycles. The van der Waals surface area contributed by atoms with Crippen LogP contribution in [-0.2, 0) is 13.3 Å². The van der Waals surface area contributed by atoms with Gasteiger partial charge in [0, 0.05) is 21.3 Å². The van der Waals surface area contributed by atoms with Gasteiger partial charge in [0.2, 0.25) is 0 Å². The van der Waals surface area contributed by atoms with E-state index in [0.29, 0.717) is 16.9 Å². The molecule has 0 amide bonds. The van der Waals surface area contributed by atoms with Gasteiger partial charge in [0.05, 0.1) is 0 Å². The zero-order valence-electron chi connectivity index (χ0n) is 6.10. The first-order chi connectivity index (χ1) is 4.74. The summed E-state index contributed by atoms with van der Waals surface area (Å²) in [6, 6.07) is 0. The van der Waals surface area contributed by atoms with Crippen LogP contribution in [0.2, 0.25) is 0 Å². The fourth-order valence-electron chi connectivity index (χ4n) is 0.461. The first kappa shape index (κ1) is 10.8. The largest absolute Gasteiger partial charge is 0.461 e. The van der Waals surface area contributed by atoms with Crippen molar-refractivity contribution in [2.24, 2.45) is 0 Å². The van der Waals surface area contributed by atoms with Gasteiger partial charge in [-0.15, -0.1) is 0 Å². The van der Waals surface area contributed by atoms with Crippen LogP contribution in [-0.4, -0.2) is 46.6 Å². The molecule has 0 aromatic heterocycles. The van der Waals surface area contributed by atoms with E-state index in [1.165, 1.54) is 0 Å². The molecule has 58 valence electrons. The molecule has 10 heavy (non-hydrogen) atoms. The van der Waals surface area contributed by atoms with Gasteiger partial charge in [-0.2, -0.15) is 11.1 Å². The topological polar surface area (TPSA) is 27.7 Å². The Morgan fingerprint density at radius 2 is 1.50 bits per heavy atom. The summed E-state index contributed by atoms with van der Waals surface area (Å²) in [7, 11) is 3.21.